The molecule has 32 heavy (non-hydrogen) atoms. The number of nitrogens with one attached hydrogen (secondary N) is 1. The van der Waals surface area contributed by atoms with Gasteiger partial charge in [-0.2, -0.15) is 13.2 Å². The van der Waals surface area contributed by atoms with Gasteiger partial charge < -0.3 is 20.7 Å². The maximum Gasteiger partial charge on any atom is 0.403 e. The predicted molar refractivity (Wildman–Crippen MR) is 111 cm³/mol. The van der Waals surface area contributed by atoms with Crippen LogP contribution in [0.25, 0.3) is 0 Å². The van der Waals surface area contributed by atoms with E-state index in [1.165, 1.54) is 9.80 Å². The van der Waals surface area contributed by atoms with Gasteiger partial charge in [0.25, 0.3) is 0 Å². The summed E-state index contributed by atoms with van der Waals surface area (Å²) in [5.41, 5.74) is 6.93. The summed E-state index contributed by atoms with van der Waals surface area (Å²) in [4.78, 5) is 29.0. The van der Waals surface area contributed by atoms with Gasteiger partial charge in [-0.3, -0.25) is 14.5 Å². The summed E-state index contributed by atoms with van der Waals surface area (Å²) in [6, 6.07) is 3.54. The molecule has 5 atom stereocenters. The summed E-state index contributed by atoms with van der Waals surface area (Å²) in [7, 11) is 0. The number of carbonyl (C=O) groups is 2. The van der Waals surface area contributed by atoms with Crippen LogP contribution < -0.4 is 15.8 Å². The highest BCUT2D eigenvalue weighted by molar-refractivity contribution is 5.91. The van der Waals surface area contributed by atoms with Crippen LogP contribution in [-0.2, 0) is 9.59 Å². The number of ether oxygens (including phenoxy) is 1. The van der Waals surface area contributed by atoms with Crippen LogP contribution in [0, 0.1) is 0 Å². The molecule has 2 fully saturated rings. The summed E-state index contributed by atoms with van der Waals surface area (Å²) >= 11 is 0. The third kappa shape index (κ3) is 4.43. The summed E-state index contributed by atoms with van der Waals surface area (Å²) in [6.07, 6.45) is -2.36. The fourth-order valence-corrected chi connectivity index (χ4v) is 5.00. The summed E-state index contributed by atoms with van der Waals surface area (Å²) in [6.45, 7) is 1.55. The molecule has 0 radical (unpaired) electrons. The van der Waals surface area contributed by atoms with Crippen molar-refractivity contribution in [1.29, 1.82) is 0 Å². The topological polar surface area (TPSA) is 87.9 Å². The lowest BCUT2D eigenvalue weighted by molar-refractivity contribution is -0.182. The Kier molecular flexibility index (Phi) is 6.35. The third-order valence-corrected chi connectivity index (χ3v) is 6.85. The van der Waals surface area contributed by atoms with Gasteiger partial charge in [-0.1, -0.05) is 18.2 Å². The molecule has 0 saturated carbocycles. The van der Waals surface area contributed by atoms with Crippen LogP contribution in [0.2, 0.25) is 0 Å². The first-order valence-corrected chi connectivity index (χ1v) is 11.1. The first-order chi connectivity index (χ1) is 15.2. The zero-order chi connectivity index (χ0) is 23.0. The van der Waals surface area contributed by atoms with Crippen molar-refractivity contribution < 1.29 is 27.5 Å². The smallest absolute Gasteiger partial charge is 0.403 e. The van der Waals surface area contributed by atoms with Gasteiger partial charge in [0, 0.05) is 31.1 Å². The molecule has 0 unspecified atom stereocenters. The first-order valence-electron chi connectivity index (χ1n) is 11.1. The lowest BCUT2D eigenvalue weighted by Crippen LogP contribution is -2.60. The Morgan fingerprint density at radius 2 is 1.97 bits per heavy atom. The van der Waals surface area contributed by atoms with E-state index in [1.54, 1.807) is 0 Å². The van der Waals surface area contributed by atoms with E-state index in [2.05, 4.69) is 5.32 Å². The molecular weight excluding hydrogens is 425 g/mol. The highest BCUT2D eigenvalue weighted by Gasteiger charge is 2.47. The molecule has 4 rings (SSSR count). The van der Waals surface area contributed by atoms with Gasteiger partial charge in [0.1, 0.15) is 17.8 Å². The second-order valence-electron chi connectivity index (χ2n) is 8.84. The molecule has 1 aromatic carbocycles. The molecule has 3 aliphatic rings. The molecular formula is C22H29F3N4O3. The minimum absolute atomic E-state index is 0.171. The fourth-order valence-electron chi connectivity index (χ4n) is 5.00. The van der Waals surface area contributed by atoms with E-state index in [0.29, 0.717) is 32.3 Å². The number of para-hydroxylation sites is 1. The van der Waals surface area contributed by atoms with E-state index < -0.39 is 30.2 Å². The van der Waals surface area contributed by atoms with E-state index in [4.69, 9.17) is 10.5 Å². The van der Waals surface area contributed by atoms with Crippen LogP contribution >= 0.6 is 0 Å². The van der Waals surface area contributed by atoms with E-state index in [1.807, 2.05) is 24.3 Å². The van der Waals surface area contributed by atoms with Gasteiger partial charge in [0.15, 0.2) is 0 Å². The largest absolute Gasteiger partial charge is 0.493 e. The molecule has 7 nitrogen and oxygen atoms in total. The number of benzene rings is 1. The van der Waals surface area contributed by atoms with Crippen molar-refractivity contribution in [2.24, 2.45) is 5.73 Å². The summed E-state index contributed by atoms with van der Waals surface area (Å²) in [5, 5.41) is 3.06. The molecule has 0 spiro atoms. The van der Waals surface area contributed by atoms with Gasteiger partial charge in [-0.25, -0.2) is 0 Å². The SMILES string of the molecule is C[C@H](N1CC[C@H]2CC[C@@H](C(=O)N[C@@H]3CCOc4ccccc43)N2C(=O)[C@@H](N)C1)C(F)(F)F. The Balaban J connectivity index is 1.47. The number of amides is 2. The van der Waals surface area contributed by atoms with Crippen LogP contribution in [0.5, 0.6) is 5.75 Å². The van der Waals surface area contributed by atoms with E-state index in [0.717, 1.165) is 18.2 Å². The maximum absolute atomic E-state index is 13.2. The molecule has 0 aromatic heterocycles. The Hall–Kier alpha value is -2.33. The Morgan fingerprint density at radius 3 is 2.72 bits per heavy atom. The van der Waals surface area contributed by atoms with Gasteiger partial charge in [0.05, 0.1) is 18.7 Å². The number of nitrogens with zero attached hydrogens (tertiary/aromatic N) is 2. The van der Waals surface area contributed by atoms with Crippen molar-refractivity contribution in [2.45, 2.75) is 69.0 Å². The number of hydrogen-bond donors (Lipinski definition) is 2. The van der Waals surface area contributed by atoms with Crippen LogP contribution in [0.3, 0.4) is 0 Å². The highest BCUT2D eigenvalue weighted by atomic mass is 19.4. The minimum Gasteiger partial charge on any atom is -0.493 e. The molecule has 3 N–H and O–H groups in total. The summed E-state index contributed by atoms with van der Waals surface area (Å²) < 4.78 is 45.3. The number of alkyl halides is 3. The van der Waals surface area contributed by atoms with Crippen molar-refractivity contribution in [3.8, 4) is 5.75 Å². The quantitative estimate of drug-likeness (QED) is 0.729. The molecule has 10 heteroatoms. The first kappa shape index (κ1) is 22.8. The highest BCUT2D eigenvalue weighted by Crippen LogP contribution is 2.34. The van der Waals surface area contributed by atoms with Crippen LogP contribution in [-0.4, -0.2) is 71.7 Å². The molecule has 1 aromatic rings. The van der Waals surface area contributed by atoms with Crippen LogP contribution in [0.15, 0.2) is 24.3 Å². The van der Waals surface area contributed by atoms with Crippen molar-refractivity contribution in [1.82, 2.24) is 15.1 Å². The number of hydrogen-bond acceptors (Lipinski definition) is 5. The Bertz CT molecular complexity index is 865. The lowest BCUT2D eigenvalue weighted by atomic mass is 10.00. The van der Waals surface area contributed by atoms with Crippen molar-refractivity contribution in [3.05, 3.63) is 29.8 Å². The third-order valence-electron chi connectivity index (χ3n) is 6.85. The molecule has 3 heterocycles. The molecule has 0 bridgehead atoms. The van der Waals surface area contributed by atoms with E-state index in [9.17, 15) is 22.8 Å². The Labute approximate surface area is 185 Å². The van der Waals surface area contributed by atoms with E-state index in [-0.39, 0.29) is 31.1 Å². The van der Waals surface area contributed by atoms with Crippen molar-refractivity contribution in [3.63, 3.8) is 0 Å². The van der Waals surface area contributed by atoms with Gasteiger partial charge >= 0.3 is 6.18 Å². The zero-order valence-corrected chi connectivity index (χ0v) is 18.0. The lowest BCUT2D eigenvalue weighted by Gasteiger charge is -2.40. The number of carbonyl (C=O) groups excluding carboxylic acids is 2. The van der Waals surface area contributed by atoms with Crippen molar-refractivity contribution in [2.75, 3.05) is 19.7 Å². The van der Waals surface area contributed by atoms with Gasteiger partial charge in [0.2, 0.25) is 11.8 Å². The number of rotatable bonds is 3. The Morgan fingerprint density at radius 1 is 1.22 bits per heavy atom. The van der Waals surface area contributed by atoms with Crippen LogP contribution in [0.4, 0.5) is 13.2 Å². The average Bonchev–Trinajstić information content (AvgIpc) is 3.17. The standard InChI is InChI=1S/C22H29F3N4O3/c1-13(22(23,24)25)28-10-8-14-6-7-18(29(14)21(31)16(26)12-28)20(30)27-17-9-11-32-19-5-3-2-4-15(17)19/h2-5,13-14,16-18H,6-12,26H2,1H3,(H,27,30)/t13-,14+,16-,17+,18-/m0/s1. The normalized spacial score (nSPS) is 29.9. The number of halogens is 3. The van der Waals surface area contributed by atoms with Gasteiger partial charge in [-0.05, 0) is 32.3 Å². The number of fused-ring (bicyclic) bond motifs is 2. The molecule has 3 aliphatic heterocycles. The number of nitrogens with two attached hydrogens (primary N) is 1. The van der Waals surface area contributed by atoms with E-state index >= 15 is 0 Å². The van der Waals surface area contributed by atoms with Gasteiger partial charge in [-0.15, -0.1) is 0 Å². The monoisotopic (exact) mass is 454 g/mol. The summed E-state index contributed by atoms with van der Waals surface area (Å²) in [5.74, 6) is 0.0199. The van der Waals surface area contributed by atoms with Crippen LogP contribution in [0.1, 0.15) is 44.2 Å². The second-order valence-corrected chi connectivity index (χ2v) is 8.84. The molecule has 2 amide bonds. The molecule has 2 saturated heterocycles. The average molecular weight is 454 g/mol. The second kappa shape index (κ2) is 8.90. The minimum atomic E-state index is -4.39. The molecule has 176 valence electrons. The predicted octanol–water partition coefficient (Wildman–Crippen LogP) is 1.97. The van der Waals surface area contributed by atoms with Crippen molar-refractivity contribution >= 4 is 11.8 Å². The molecule has 0 aliphatic carbocycles. The fraction of sp³-hybridized carbons (Fsp3) is 0.636. The zero-order valence-electron chi connectivity index (χ0n) is 18.0. The maximum atomic E-state index is 13.2.